The van der Waals surface area contributed by atoms with Gasteiger partial charge in [0.25, 0.3) is 0 Å². The van der Waals surface area contributed by atoms with Crippen LogP contribution in [-0.4, -0.2) is 16.8 Å². The quantitative estimate of drug-likeness (QED) is 0.629. The van der Waals surface area contributed by atoms with Gasteiger partial charge in [-0.1, -0.05) is 13.8 Å². The van der Waals surface area contributed by atoms with E-state index in [0.717, 1.165) is 5.56 Å². The minimum Gasteiger partial charge on any atom is -0.508 e. The van der Waals surface area contributed by atoms with Gasteiger partial charge in [0.15, 0.2) is 5.78 Å². The Balaban J connectivity index is 2.90. The summed E-state index contributed by atoms with van der Waals surface area (Å²) in [6.07, 6.45) is 1.16. The molecule has 0 saturated carbocycles. The largest absolute Gasteiger partial charge is 0.508 e. The first kappa shape index (κ1) is 13.0. The number of halogens is 1. The second kappa shape index (κ2) is 5.90. The number of hydrogen-bond acceptors (Lipinski definition) is 2. The number of carbonyl (C=O) groups is 1. The summed E-state index contributed by atoms with van der Waals surface area (Å²) in [7, 11) is 0. The molecule has 1 rings (SSSR count). The Hall–Kier alpha value is -1.02. The molecule has 0 radical (unpaired) electrons. The standard InChI is InChI=1S/C13H17ClO2/c1-9(2)11-8-10(5-6-13(11)16)12(15)4-3-7-14/h5-6,8-9,16H,3-4,7H2,1-2H3. The first-order valence-electron chi connectivity index (χ1n) is 5.48. The monoisotopic (exact) mass is 240 g/mol. The summed E-state index contributed by atoms with van der Waals surface area (Å²) < 4.78 is 0. The number of ketones is 1. The second-order valence-corrected chi connectivity index (χ2v) is 4.52. The summed E-state index contributed by atoms with van der Waals surface area (Å²) in [4.78, 5) is 11.7. The fraction of sp³-hybridized carbons (Fsp3) is 0.462. The van der Waals surface area contributed by atoms with Crippen molar-refractivity contribution in [1.82, 2.24) is 0 Å². The predicted molar refractivity (Wildman–Crippen MR) is 66.5 cm³/mol. The highest BCUT2D eigenvalue weighted by molar-refractivity contribution is 6.18. The first-order chi connectivity index (χ1) is 7.56. The van der Waals surface area contributed by atoms with E-state index in [4.69, 9.17) is 11.6 Å². The lowest BCUT2D eigenvalue weighted by Crippen LogP contribution is -2.01. The predicted octanol–water partition coefficient (Wildman–Crippen LogP) is 3.72. The smallest absolute Gasteiger partial charge is 0.162 e. The highest BCUT2D eigenvalue weighted by atomic mass is 35.5. The molecule has 3 heteroatoms. The highest BCUT2D eigenvalue weighted by Gasteiger charge is 2.11. The molecule has 0 atom stereocenters. The Morgan fingerprint density at radius 2 is 2.12 bits per heavy atom. The van der Waals surface area contributed by atoms with Gasteiger partial charge in [0.2, 0.25) is 0 Å². The fourth-order valence-corrected chi connectivity index (χ4v) is 1.70. The van der Waals surface area contributed by atoms with Gasteiger partial charge in [-0.15, -0.1) is 11.6 Å². The third-order valence-electron chi connectivity index (χ3n) is 2.51. The van der Waals surface area contributed by atoms with Gasteiger partial charge in [0.1, 0.15) is 5.75 Å². The molecule has 1 N–H and O–H groups in total. The maximum absolute atomic E-state index is 11.7. The van der Waals surface area contributed by atoms with Gasteiger partial charge in [0.05, 0.1) is 0 Å². The van der Waals surface area contributed by atoms with E-state index in [1.807, 2.05) is 13.8 Å². The molecule has 0 aliphatic heterocycles. The molecular formula is C13H17ClO2. The van der Waals surface area contributed by atoms with E-state index in [2.05, 4.69) is 0 Å². The average Bonchev–Trinajstić information content (AvgIpc) is 2.26. The van der Waals surface area contributed by atoms with E-state index in [1.165, 1.54) is 0 Å². The number of hydrogen-bond donors (Lipinski definition) is 1. The number of phenolic OH excluding ortho intramolecular Hbond substituents is 1. The molecule has 0 aromatic heterocycles. The minimum atomic E-state index is 0.0857. The van der Waals surface area contributed by atoms with E-state index in [-0.39, 0.29) is 17.5 Å². The lowest BCUT2D eigenvalue weighted by molar-refractivity contribution is 0.0982. The average molecular weight is 241 g/mol. The molecule has 0 aliphatic rings. The first-order valence-corrected chi connectivity index (χ1v) is 6.01. The summed E-state index contributed by atoms with van der Waals surface area (Å²) in [6, 6.07) is 5.03. The van der Waals surface area contributed by atoms with Crippen LogP contribution < -0.4 is 0 Å². The van der Waals surface area contributed by atoms with E-state index in [0.29, 0.717) is 24.3 Å². The van der Waals surface area contributed by atoms with Crippen LogP contribution in [-0.2, 0) is 0 Å². The molecule has 1 aromatic carbocycles. The van der Waals surface area contributed by atoms with Gasteiger partial charge in [-0.3, -0.25) is 4.79 Å². The summed E-state index contributed by atoms with van der Waals surface area (Å²) in [5.74, 6) is 1.05. The van der Waals surface area contributed by atoms with E-state index in [9.17, 15) is 9.90 Å². The summed E-state index contributed by atoms with van der Waals surface area (Å²) in [6.45, 7) is 3.98. The van der Waals surface area contributed by atoms with Crippen molar-refractivity contribution in [3.8, 4) is 5.75 Å². The number of rotatable bonds is 5. The number of Topliss-reactive ketones (excluding diaryl/α,β-unsaturated/α-hetero) is 1. The second-order valence-electron chi connectivity index (χ2n) is 4.14. The molecular weight excluding hydrogens is 224 g/mol. The van der Waals surface area contributed by atoms with Gasteiger partial charge < -0.3 is 5.11 Å². The Morgan fingerprint density at radius 3 is 2.69 bits per heavy atom. The van der Waals surface area contributed by atoms with Crippen LogP contribution >= 0.6 is 11.6 Å². The number of aromatic hydroxyl groups is 1. The van der Waals surface area contributed by atoms with Crippen molar-refractivity contribution in [2.75, 3.05) is 5.88 Å². The van der Waals surface area contributed by atoms with Gasteiger partial charge in [-0.05, 0) is 36.1 Å². The Morgan fingerprint density at radius 1 is 1.44 bits per heavy atom. The number of phenols is 1. The van der Waals surface area contributed by atoms with Crippen molar-refractivity contribution < 1.29 is 9.90 Å². The van der Waals surface area contributed by atoms with Gasteiger partial charge in [-0.25, -0.2) is 0 Å². The Bertz CT molecular complexity index is 372. The van der Waals surface area contributed by atoms with Crippen LogP contribution in [0.2, 0.25) is 0 Å². The van der Waals surface area contributed by atoms with E-state index < -0.39 is 0 Å². The summed E-state index contributed by atoms with van der Waals surface area (Å²) in [5.41, 5.74) is 1.48. The van der Waals surface area contributed by atoms with Gasteiger partial charge >= 0.3 is 0 Å². The molecule has 0 spiro atoms. The molecule has 0 amide bonds. The molecule has 0 unspecified atom stereocenters. The lowest BCUT2D eigenvalue weighted by atomic mass is 9.97. The Kier molecular flexibility index (Phi) is 4.81. The van der Waals surface area contributed by atoms with Crippen molar-refractivity contribution in [3.05, 3.63) is 29.3 Å². The zero-order valence-electron chi connectivity index (χ0n) is 9.66. The number of carbonyl (C=O) groups excluding carboxylic acids is 1. The van der Waals surface area contributed by atoms with Gasteiger partial charge in [-0.2, -0.15) is 0 Å². The van der Waals surface area contributed by atoms with Gasteiger partial charge in [0, 0.05) is 17.9 Å². The molecule has 0 saturated heterocycles. The van der Waals surface area contributed by atoms with Crippen LogP contribution in [0.15, 0.2) is 18.2 Å². The Labute approximate surface area is 101 Å². The highest BCUT2D eigenvalue weighted by Crippen LogP contribution is 2.26. The minimum absolute atomic E-state index is 0.0857. The third-order valence-corrected chi connectivity index (χ3v) is 2.78. The third kappa shape index (κ3) is 3.24. The van der Waals surface area contributed by atoms with Crippen molar-refractivity contribution in [2.45, 2.75) is 32.6 Å². The lowest BCUT2D eigenvalue weighted by Gasteiger charge is -2.10. The molecule has 0 bridgehead atoms. The molecule has 0 heterocycles. The molecule has 0 aliphatic carbocycles. The van der Waals surface area contributed by atoms with Crippen molar-refractivity contribution >= 4 is 17.4 Å². The van der Waals surface area contributed by atoms with E-state index in [1.54, 1.807) is 18.2 Å². The molecule has 2 nitrogen and oxygen atoms in total. The SMILES string of the molecule is CC(C)c1cc(C(=O)CCCCl)ccc1O. The van der Waals surface area contributed by atoms with Crippen molar-refractivity contribution in [3.63, 3.8) is 0 Å². The number of benzene rings is 1. The van der Waals surface area contributed by atoms with E-state index >= 15 is 0 Å². The summed E-state index contributed by atoms with van der Waals surface area (Å²) in [5, 5.41) is 9.63. The van der Waals surface area contributed by atoms with Crippen LogP contribution in [0.5, 0.6) is 5.75 Å². The van der Waals surface area contributed by atoms with Crippen LogP contribution in [0.3, 0.4) is 0 Å². The topological polar surface area (TPSA) is 37.3 Å². The maximum Gasteiger partial charge on any atom is 0.162 e. The maximum atomic E-state index is 11.7. The zero-order chi connectivity index (χ0) is 12.1. The normalized spacial score (nSPS) is 10.8. The van der Waals surface area contributed by atoms with Crippen LogP contribution in [0.4, 0.5) is 0 Å². The van der Waals surface area contributed by atoms with Crippen molar-refractivity contribution in [2.24, 2.45) is 0 Å². The molecule has 1 aromatic rings. The van der Waals surface area contributed by atoms with Crippen LogP contribution in [0.25, 0.3) is 0 Å². The van der Waals surface area contributed by atoms with Crippen molar-refractivity contribution in [1.29, 1.82) is 0 Å². The summed E-state index contributed by atoms with van der Waals surface area (Å²) >= 11 is 5.55. The zero-order valence-corrected chi connectivity index (χ0v) is 10.4. The molecule has 16 heavy (non-hydrogen) atoms. The van der Waals surface area contributed by atoms with Crippen LogP contribution in [0.1, 0.15) is 48.5 Å². The fourth-order valence-electron chi connectivity index (χ4n) is 1.56. The van der Waals surface area contributed by atoms with Crippen LogP contribution in [0, 0.1) is 0 Å². The molecule has 0 fully saturated rings. The molecule has 88 valence electrons. The number of alkyl halides is 1.